The maximum Gasteiger partial charge on any atom is 0.187 e. The molecule has 0 heterocycles. The van der Waals surface area contributed by atoms with Gasteiger partial charge < -0.3 is 35.0 Å². The van der Waals surface area contributed by atoms with E-state index < -0.39 is 55.3 Å². The second-order valence-corrected chi connectivity index (χ2v) is 32.0. The summed E-state index contributed by atoms with van der Waals surface area (Å²) in [4.78, 5) is 51.4. The summed E-state index contributed by atoms with van der Waals surface area (Å²) < 4.78 is 11.8. The van der Waals surface area contributed by atoms with Crippen LogP contribution in [0, 0.1) is 33.5 Å². The van der Waals surface area contributed by atoms with Gasteiger partial charge in [0.1, 0.15) is 36.6 Å². The van der Waals surface area contributed by atoms with Crippen molar-refractivity contribution < 1.29 is 54.2 Å². The van der Waals surface area contributed by atoms with Crippen LogP contribution in [0.5, 0.6) is 0 Å². The first-order valence-electron chi connectivity index (χ1n) is 37.4. The second kappa shape index (κ2) is 42.4. The molecule has 4 aliphatic rings. The summed E-state index contributed by atoms with van der Waals surface area (Å²) in [7, 11) is 0. The number of Topliss-reactive ketones (excluding diaryl/α,β-unsaturated/α-hetero) is 4. The lowest BCUT2D eigenvalue weighted by molar-refractivity contribution is -0.146. The van der Waals surface area contributed by atoms with Gasteiger partial charge >= 0.3 is 0 Å². The molecule has 0 saturated heterocycles. The average molecular weight is 1440 g/mol. The molecule has 0 spiro atoms. The Balaban J connectivity index is 0.000000449. The minimum atomic E-state index is -1.76. The Hall–Kier alpha value is -8.10. The highest BCUT2D eigenvalue weighted by molar-refractivity contribution is 6.02. The number of carbonyl (C=O) groups is 4. The molecule has 106 heavy (non-hydrogen) atoms. The molecular weight excluding hydrogens is 1320 g/mol. The fraction of sp³-hybridized carbons (Fsp3) is 0.432. The maximum absolute atomic E-state index is 13.2. The Morgan fingerprint density at radius 2 is 0.651 bits per heavy atom. The fourth-order valence-electron chi connectivity index (χ4n) is 13.9. The summed E-state index contributed by atoms with van der Waals surface area (Å²) in [6.07, 6.45) is 52.4. The van der Waals surface area contributed by atoms with E-state index in [1.165, 1.54) is 0 Å². The molecule has 5 N–H and O–H groups in total. The zero-order valence-corrected chi connectivity index (χ0v) is 67.8. The number of benzene rings is 1. The predicted molar refractivity (Wildman–Crippen MR) is 440 cm³/mol. The molecular formula is C95H126O11. The van der Waals surface area contributed by atoms with Crippen LogP contribution >= 0.6 is 0 Å². The molecule has 1 aromatic rings. The highest BCUT2D eigenvalue weighted by Gasteiger charge is 2.42. The average Bonchev–Trinajstić information content (AvgIpc) is 0.805. The highest BCUT2D eigenvalue weighted by atomic mass is 16.5. The SMILES string of the molecule is CC1=C(/C=C/C(C)=C/C=C/C(C)=C/C=C/C=C(C)/C=C/C=C(C)/C=C/C2=C(C)C(=O)C(OCC(O)C(O)C(O)C(O)CO)CC2(C)C)C(C)(C)CC(C)C1=O.CC1=C(/C=C/C(C)=C/C=C/C(C)=C/C=C/C=C(C)/C=C/C=C(C)/C=C/C2=C(C)C(=O)C(OCc3ccccc3)CC2(C)C)C(C)(C)CC(C)C1=O. The third-order valence-corrected chi connectivity index (χ3v) is 20.2. The first kappa shape index (κ1) is 90.3. The molecule has 5 rings (SSSR count). The lowest BCUT2D eigenvalue weighted by Gasteiger charge is -2.37. The van der Waals surface area contributed by atoms with Crippen LogP contribution < -0.4 is 0 Å². The van der Waals surface area contributed by atoms with Crippen molar-refractivity contribution in [2.75, 3.05) is 13.2 Å². The van der Waals surface area contributed by atoms with Gasteiger partial charge in [0.05, 0.1) is 19.8 Å². The van der Waals surface area contributed by atoms with Crippen molar-refractivity contribution in [1.29, 1.82) is 0 Å². The third-order valence-electron chi connectivity index (χ3n) is 20.2. The molecule has 1 aromatic carbocycles. The molecule has 0 bridgehead atoms. The van der Waals surface area contributed by atoms with E-state index in [0.29, 0.717) is 25.0 Å². The monoisotopic (exact) mass is 1440 g/mol. The van der Waals surface area contributed by atoms with Gasteiger partial charge in [-0.2, -0.15) is 0 Å². The Kier molecular flexibility index (Phi) is 36.2. The van der Waals surface area contributed by atoms with E-state index in [1.54, 1.807) is 6.92 Å². The van der Waals surface area contributed by atoms with E-state index in [9.17, 15) is 39.6 Å². The van der Waals surface area contributed by atoms with E-state index in [1.807, 2.05) is 147 Å². The van der Waals surface area contributed by atoms with E-state index in [-0.39, 0.29) is 51.2 Å². The van der Waals surface area contributed by atoms with Crippen LogP contribution in [0.15, 0.2) is 290 Å². The van der Waals surface area contributed by atoms with Gasteiger partial charge in [-0.05, 0) is 181 Å². The number of aliphatic hydroxyl groups excluding tert-OH is 5. The van der Waals surface area contributed by atoms with Crippen molar-refractivity contribution in [3.05, 3.63) is 295 Å². The zero-order chi connectivity index (χ0) is 79.4. The van der Waals surface area contributed by atoms with Crippen molar-refractivity contribution >= 4 is 23.1 Å². The summed E-state index contributed by atoms with van der Waals surface area (Å²) in [5.74, 6) is 0.555. The van der Waals surface area contributed by atoms with Crippen LogP contribution in [0.1, 0.15) is 184 Å². The molecule has 11 heteroatoms. The van der Waals surface area contributed by atoms with Gasteiger partial charge in [-0.25, -0.2) is 0 Å². The summed E-state index contributed by atoms with van der Waals surface area (Å²) >= 11 is 0. The van der Waals surface area contributed by atoms with Gasteiger partial charge in [-0.3, -0.25) is 19.2 Å². The number of rotatable bonds is 30. The molecule has 0 radical (unpaired) electrons. The number of ketones is 4. The predicted octanol–water partition coefficient (Wildman–Crippen LogP) is 20.0. The van der Waals surface area contributed by atoms with Gasteiger partial charge in [0.25, 0.3) is 0 Å². The number of hydrogen-bond acceptors (Lipinski definition) is 11. The van der Waals surface area contributed by atoms with E-state index in [4.69, 9.17) is 14.6 Å². The standard InChI is InChI=1S/C48H60O3.C47H66O8/c1-34(21-17-23-36(3)27-29-42-39(6)45(49)38(5)31-47(42,8)9)19-15-16-20-35(2)22-18-24-37(4)28-30-43-40(7)46(50)44(32-48(43,10)11)51-33-41-25-13-12-14-26-41;1-30(18-14-20-32(3)22-24-37-35(6)42(51)34(5)26-46(37,8)9)16-12-13-17-31(2)19-15-21-33(4)23-25-38-36(7)43(52)41(27-47(38,10)11)55-29-40(50)45(54)44(53)39(49)28-48/h12-30,38,44H,31-33H2,1-11H3;12-25,34,39-41,44-45,48-50,53-54H,26-29H2,1-11H3/b16-15+,21-17+,22-18+,29-27+,30-28+,34-19+,35-20+,36-23+,37-24+;13-12+,18-14+,19-15+,24-22+,25-23+,30-16+,31-17+,32-20+,33-21+. The zero-order valence-electron chi connectivity index (χ0n) is 67.8. The molecule has 0 aliphatic heterocycles. The maximum atomic E-state index is 13.2. The van der Waals surface area contributed by atoms with Crippen LogP contribution in [0.3, 0.4) is 0 Å². The van der Waals surface area contributed by atoms with Crippen molar-refractivity contribution in [2.45, 2.75) is 221 Å². The van der Waals surface area contributed by atoms with Gasteiger partial charge in [0.2, 0.25) is 0 Å². The Bertz CT molecular complexity index is 4000. The number of hydrogen-bond donors (Lipinski definition) is 5. The van der Waals surface area contributed by atoms with Crippen LogP contribution in [0.25, 0.3) is 0 Å². The van der Waals surface area contributed by atoms with Crippen LogP contribution in [-0.2, 0) is 35.3 Å². The van der Waals surface area contributed by atoms with Crippen molar-refractivity contribution in [2.24, 2.45) is 33.5 Å². The fourth-order valence-corrected chi connectivity index (χ4v) is 13.9. The summed E-state index contributed by atoms with van der Waals surface area (Å²) in [5, 5.41) is 48.7. The first-order chi connectivity index (χ1) is 49.6. The second-order valence-electron chi connectivity index (χ2n) is 32.0. The molecule has 0 amide bonds. The summed E-state index contributed by atoms with van der Waals surface area (Å²) in [6, 6.07) is 10.0. The minimum absolute atomic E-state index is 0.00328. The number of aliphatic hydroxyl groups is 5. The molecule has 8 atom stereocenters. The molecule has 572 valence electrons. The van der Waals surface area contributed by atoms with E-state index in [2.05, 4.69) is 199 Å². The molecule has 11 nitrogen and oxygen atoms in total. The van der Waals surface area contributed by atoms with Gasteiger partial charge in [0.15, 0.2) is 23.1 Å². The van der Waals surface area contributed by atoms with Crippen molar-refractivity contribution in [3.63, 3.8) is 0 Å². The number of ether oxygens (including phenoxy) is 2. The Morgan fingerprint density at radius 1 is 0.387 bits per heavy atom. The number of carbonyl (C=O) groups excluding carboxylic acids is 4. The molecule has 0 saturated carbocycles. The minimum Gasteiger partial charge on any atom is -0.394 e. The Morgan fingerprint density at radius 3 is 0.962 bits per heavy atom. The smallest absolute Gasteiger partial charge is 0.187 e. The van der Waals surface area contributed by atoms with E-state index >= 15 is 0 Å². The third kappa shape index (κ3) is 28.6. The van der Waals surface area contributed by atoms with Crippen LogP contribution in [-0.4, -0.2) is 98.5 Å². The largest absolute Gasteiger partial charge is 0.394 e. The molecule has 0 fully saturated rings. The van der Waals surface area contributed by atoms with Gasteiger partial charge in [-0.15, -0.1) is 0 Å². The van der Waals surface area contributed by atoms with Crippen LogP contribution in [0.4, 0.5) is 0 Å². The van der Waals surface area contributed by atoms with Gasteiger partial charge in [0, 0.05) is 11.8 Å². The quantitative estimate of drug-likeness (QED) is 0.0461. The molecule has 0 aromatic heterocycles. The van der Waals surface area contributed by atoms with E-state index in [0.717, 1.165) is 102 Å². The van der Waals surface area contributed by atoms with Gasteiger partial charge in [-0.1, -0.05) is 314 Å². The number of allylic oxidation sites excluding steroid dienone is 42. The topological polar surface area (TPSA) is 188 Å². The normalized spacial score (nSPS) is 23.6. The summed E-state index contributed by atoms with van der Waals surface area (Å²) in [5.41, 5.74) is 16.7. The van der Waals surface area contributed by atoms with Crippen LogP contribution in [0.2, 0.25) is 0 Å². The first-order valence-corrected chi connectivity index (χ1v) is 37.4. The summed E-state index contributed by atoms with van der Waals surface area (Å²) in [6.45, 7) is 44.6. The lowest BCUT2D eigenvalue weighted by Crippen LogP contribution is -2.48. The lowest BCUT2D eigenvalue weighted by atomic mass is 9.68. The molecule has 8 unspecified atom stereocenters. The van der Waals surface area contributed by atoms with Crippen molar-refractivity contribution in [1.82, 2.24) is 0 Å². The molecule has 4 aliphatic carbocycles. The Labute approximate surface area is 637 Å². The highest BCUT2D eigenvalue weighted by Crippen LogP contribution is 2.45. The van der Waals surface area contributed by atoms with Crippen molar-refractivity contribution in [3.8, 4) is 0 Å².